The summed E-state index contributed by atoms with van der Waals surface area (Å²) >= 11 is 5.76. The van der Waals surface area contributed by atoms with Gasteiger partial charge in [-0.15, -0.1) is 0 Å². The zero-order valence-electron chi connectivity index (χ0n) is 8.09. The van der Waals surface area contributed by atoms with Gasteiger partial charge in [0.15, 0.2) is 11.4 Å². The molecule has 0 atom stereocenters. The average molecular weight is 232 g/mol. The zero-order chi connectivity index (χ0) is 11.4. The van der Waals surface area contributed by atoms with E-state index >= 15 is 0 Å². The lowest BCUT2D eigenvalue weighted by molar-refractivity contribution is 0.476. The second-order valence-corrected chi connectivity index (χ2v) is 3.34. The van der Waals surface area contributed by atoms with Gasteiger partial charge in [0.1, 0.15) is 11.8 Å². The first-order valence-electron chi connectivity index (χ1n) is 4.43. The minimum absolute atomic E-state index is 0.225. The van der Waals surface area contributed by atoms with E-state index in [0.29, 0.717) is 16.5 Å². The molecule has 2 aromatic rings. The van der Waals surface area contributed by atoms with Crippen LogP contribution in [-0.4, -0.2) is 9.97 Å². The molecule has 16 heavy (non-hydrogen) atoms. The Balaban J connectivity index is 2.31. The molecule has 2 rings (SSSR count). The maximum Gasteiger partial charge on any atom is 0.183 e. The number of halogens is 1. The van der Waals surface area contributed by atoms with E-state index in [1.807, 2.05) is 6.07 Å². The van der Waals surface area contributed by atoms with Gasteiger partial charge in [-0.2, -0.15) is 5.26 Å². The lowest BCUT2D eigenvalue weighted by Gasteiger charge is -2.05. The zero-order valence-corrected chi connectivity index (χ0v) is 8.85. The van der Waals surface area contributed by atoms with E-state index in [0.717, 1.165) is 0 Å². The van der Waals surface area contributed by atoms with Gasteiger partial charge in [0.05, 0.1) is 11.2 Å². The van der Waals surface area contributed by atoms with Crippen molar-refractivity contribution in [2.75, 3.05) is 0 Å². The van der Waals surface area contributed by atoms with Crippen LogP contribution in [0.15, 0.2) is 36.8 Å². The topological polar surface area (TPSA) is 58.8 Å². The summed E-state index contributed by atoms with van der Waals surface area (Å²) in [5.41, 5.74) is 0.225. The van der Waals surface area contributed by atoms with E-state index in [9.17, 15) is 0 Å². The van der Waals surface area contributed by atoms with Gasteiger partial charge in [0.2, 0.25) is 0 Å². The van der Waals surface area contributed by atoms with Gasteiger partial charge >= 0.3 is 0 Å². The summed E-state index contributed by atoms with van der Waals surface area (Å²) in [7, 11) is 0. The first-order chi connectivity index (χ1) is 7.79. The molecule has 0 spiro atoms. The molecule has 0 bridgehead atoms. The molecular formula is C11H6ClN3O. The number of hydrogen-bond acceptors (Lipinski definition) is 4. The molecule has 0 unspecified atom stereocenters. The SMILES string of the molecule is N#Cc1ncccc1Oc1cncc(Cl)c1. The third-order valence-corrected chi connectivity index (χ3v) is 1.99. The van der Waals surface area contributed by atoms with E-state index < -0.39 is 0 Å². The first-order valence-corrected chi connectivity index (χ1v) is 4.81. The van der Waals surface area contributed by atoms with Crippen LogP contribution >= 0.6 is 11.6 Å². The summed E-state index contributed by atoms with van der Waals surface area (Å²) in [6.45, 7) is 0. The van der Waals surface area contributed by atoms with Gasteiger partial charge in [-0.3, -0.25) is 4.98 Å². The lowest BCUT2D eigenvalue weighted by Crippen LogP contribution is -1.90. The predicted octanol–water partition coefficient (Wildman–Crippen LogP) is 2.79. The fraction of sp³-hybridized carbons (Fsp3) is 0. The van der Waals surface area contributed by atoms with E-state index in [-0.39, 0.29) is 5.69 Å². The minimum atomic E-state index is 0.225. The second kappa shape index (κ2) is 4.60. The molecular weight excluding hydrogens is 226 g/mol. The van der Waals surface area contributed by atoms with E-state index in [1.54, 1.807) is 18.2 Å². The number of ether oxygens (including phenoxy) is 1. The van der Waals surface area contributed by atoms with Crippen molar-refractivity contribution in [1.29, 1.82) is 5.26 Å². The Morgan fingerprint density at radius 3 is 3.00 bits per heavy atom. The highest BCUT2D eigenvalue weighted by Gasteiger charge is 2.05. The van der Waals surface area contributed by atoms with Crippen molar-refractivity contribution in [2.24, 2.45) is 0 Å². The van der Waals surface area contributed by atoms with Crippen molar-refractivity contribution < 1.29 is 4.74 Å². The lowest BCUT2D eigenvalue weighted by atomic mass is 10.3. The highest BCUT2D eigenvalue weighted by Crippen LogP contribution is 2.24. The van der Waals surface area contributed by atoms with Crippen LogP contribution in [0.25, 0.3) is 0 Å². The standard InChI is InChI=1S/C11H6ClN3O/c12-8-4-9(7-14-6-8)16-11-2-1-3-15-10(11)5-13/h1-4,6-7H. The quantitative estimate of drug-likeness (QED) is 0.797. The maximum atomic E-state index is 8.82. The van der Waals surface area contributed by atoms with Crippen LogP contribution in [0.1, 0.15) is 5.69 Å². The molecule has 0 N–H and O–H groups in total. The van der Waals surface area contributed by atoms with Crippen LogP contribution in [0.2, 0.25) is 5.02 Å². The first kappa shape index (κ1) is 10.4. The smallest absolute Gasteiger partial charge is 0.183 e. The summed E-state index contributed by atoms with van der Waals surface area (Å²) in [5, 5.41) is 9.29. The van der Waals surface area contributed by atoms with E-state index in [4.69, 9.17) is 21.6 Å². The maximum absolute atomic E-state index is 8.82. The average Bonchev–Trinajstić information content (AvgIpc) is 2.30. The molecule has 0 saturated heterocycles. The third-order valence-electron chi connectivity index (χ3n) is 1.78. The Kier molecular flexibility index (Phi) is 2.99. The second-order valence-electron chi connectivity index (χ2n) is 2.90. The number of hydrogen-bond donors (Lipinski definition) is 0. The summed E-state index contributed by atoms with van der Waals surface area (Å²) in [6, 6.07) is 6.90. The highest BCUT2D eigenvalue weighted by atomic mass is 35.5. The molecule has 0 amide bonds. The molecule has 0 fully saturated rings. The summed E-state index contributed by atoms with van der Waals surface area (Å²) in [4.78, 5) is 7.75. The molecule has 0 aliphatic carbocycles. The number of nitrogens with zero attached hydrogens (tertiary/aromatic N) is 3. The van der Waals surface area contributed by atoms with Gasteiger partial charge in [0.25, 0.3) is 0 Å². The van der Waals surface area contributed by atoms with Gasteiger partial charge in [-0.25, -0.2) is 4.98 Å². The summed E-state index contributed by atoms with van der Waals surface area (Å²) < 4.78 is 5.45. The third kappa shape index (κ3) is 2.27. The van der Waals surface area contributed by atoms with Crippen molar-refractivity contribution in [3.63, 3.8) is 0 Å². The van der Waals surface area contributed by atoms with Crippen LogP contribution in [0.5, 0.6) is 11.5 Å². The fourth-order valence-electron chi connectivity index (χ4n) is 1.13. The molecule has 2 heterocycles. The van der Waals surface area contributed by atoms with Crippen molar-refractivity contribution in [3.8, 4) is 17.6 Å². The van der Waals surface area contributed by atoms with Crippen molar-refractivity contribution >= 4 is 11.6 Å². The minimum Gasteiger partial charge on any atom is -0.453 e. The summed E-state index contributed by atoms with van der Waals surface area (Å²) in [5.74, 6) is 0.853. The van der Waals surface area contributed by atoms with Crippen LogP contribution in [-0.2, 0) is 0 Å². The Hall–Kier alpha value is -2.12. The number of aromatic nitrogens is 2. The molecule has 4 nitrogen and oxygen atoms in total. The van der Waals surface area contributed by atoms with Crippen LogP contribution < -0.4 is 4.74 Å². The van der Waals surface area contributed by atoms with Gasteiger partial charge < -0.3 is 4.74 Å². The molecule has 0 aliphatic rings. The Labute approximate surface area is 97.1 Å². The van der Waals surface area contributed by atoms with Crippen molar-refractivity contribution in [1.82, 2.24) is 9.97 Å². The Bertz CT molecular complexity index is 551. The van der Waals surface area contributed by atoms with Crippen LogP contribution in [0.4, 0.5) is 0 Å². The van der Waals surface area contributed by atoms with Gasteiger partial charge in [-0.05, 0) is 12.1 Å². The van der Waals surface area contributed by atoms with E-state index in [1.165, 1.54) is 18.6 Å². The monoisotopic (exact) mass is 231 g/mol. The number of nitriles is 1. The molecule has 0 aromatic carbocycles. The molecule has 78 valence electrons. The van der Waals surface area contributed by atoms with Gasteiger partial charge in [0, 0.05) is 18.5 Å². The van der Waals surface area contributed by atoms with Crippen LogP contribution in [0.3, 0.4) is 0 Å². The molecule has 0 aliphatic heterocycles. The van der Waals surface area contributed by atoms with E-state index in [2.05, 4.69) is 9.97 Å². The number of pyridine rings is 2. The normalized spacial score (nSPS) is 9.50. The largest absolute Gasteiger partial charge is 0.453 e. The highest BCUT2D eigenvalue weighted by molar-refractivity contribution is 6.30. The predicted molar refractivity (Wildman–Crippen MR) is 58.3 cm³/mol. The Morgan fingerprint density at radius 2 is 2.25 bits per heavy atom. The fourth-order valence-corrected chi connectivity index (χ4v) is 1.30. The van der Waals surface area contributed by atoms with Gasteiger partial charge in [-0.1, -0.05) is 11.6 Å². The molecule has 5 heteroatoms. The Morgan fingerprint density at radius 1 is 1.38 bits per heavy atom. The van der Waals surface area contributed by atoms with Crippen molar-refractivity contribution in [2.45, 2.75) is 0 Å². The van der Waals surface area contributed by atoms with Crippen molar-refractivity contribution in [3.05, 3.63) is 47.5 Å². The molecule has 0 radical (unpaired) electrons. The number of rotatable bonds is 2. The summed E-state index contributed by atoms with van der Waals surface area (Å²) in [6.07, 6.45) is 4.55. The molecule has 0 saturated carbocycles. The van der Waals surface area contributed by atoms with Crippen LogP contribution in [0, 0.1) is 11.3 Å². The molecule has 2 aromatic heterocycles.